The Bertz CT molecular complexity index is 1170. The Hall–Kier alpha value is -3.32. The predicted octanol–water partition coefficient (Wildman–Crippen LogP) is 2.89. The second kappa shape index (κ2) is 9.14. The van der Waals surface area contributed by atoms with Crippen LogP contribution in [0.5, 0.6) is 0 Å². The summed E-state index contributed by atoms with van der Waals surface area (Å²) in [6, 6.07) is 4.87. The molecule has 0 radical (unpaired) electrons. The van der Waals surface area contributed by atoms with Gasteiger partial charge in [-0.05, 0) is 35.5 Å². The lowest BCUT2D eigenvalue weighted by Gasteiger charge is -2.38. The zero-order valence-electron chi connectivity index (χ0n) is 18.4. The largest absolute Gasteiger partial charge is 0.416 e. The Morgan fingerprint density at radius 1 is 1.24 bits per heavy atom. The van der Waals surface area contributed by atoms with Crippen LogP contribution in [0.2, 0.25) is 0 Å². The van der Waals surface area contributed by atoms with Crippen LogP contribution in [0.25, 0.3) is 0 Å². The van der Waals surface area contributed by atoms with E-state index in [2.05, 4.69) is 20.2 Å². The summed E-state index contributed by atoms with van der Waals surface area (Å²) in [5.41, 5.74) is -1.11. The number of aryl methyl sites for hydroxylation is 2. The molecule has 4 rings (SSSR count). The fraction of sp³-hybridized carbons (Fsp3) is 0.476. The molecule has 0 bridgehead atoms. The highest BCUT2D eigenvalue weighted by Crippen LogP contribution is 2.37. The summed E-state index contributed by atoms with van der Waals surface area (Å²) >= 11 is 0. The molecule has 10 nitrogen and oxygen atoms in total. The Kier molecular flexibility index (Phi) is 6.41. The van der Waals surface area contributed by atoms with Crippen LogP contribution < -0.4 is 0 Å². The van der Waals surface area contributed by atoms with Gasteiger partial charge in [0.1, 0.15) is 12.7 Å². The summed E-state index contributed by atoms with van der Waals surface area (Å²) in [5, 5.41) is 30.3. The fourth-order valence-corrected chi connectivity index (χ4v) is 4.18. The number of alkyl halides is 3. The highest BCUT2D eigenvalue weighted by Gasteiger charge is 2.37. The molecule has 0 aliphatic carbocycles. The number of halogens is 3. The minimum absolute atomic E-state index is 0.0839. The average Bonchev–Trinajstić information content (AvgIpc) is 3.39. The molecule has 182 valence electrons. The van der Waals surface area contributed by atoms with Gasteiger partial charge >= 0.3 is 12.0 Å². The highest BCUT2D eigenvalue weighted by molar-refractivity contribution is 5.30. The van der Waals surface area contributed by atoms with Crippen molar-refractivity contribution in [3.05, 3.63) is 69.4 Å². The first-order chi connectivity index (χ1) is 16.0. The fourth-order valence-electron chi connectivity index (χ4n) is 4.18. The van der Waals surface area contributed by atoms with Gasteiger partial charge in [-0.3, -0.25) is 4.90 Å². The Morgan fingerprint density at radius 2 is 1.97 bits per heavy atom. The van der Waals surface area contributed by atoms with Crippen molar-refractivity contribution in [2.24, 2.45) is 0 Å². The quantitative estimate of drug-likeness (QED) is 0.409. The molecule has 1 aromatic carbocycles. The van der Waals surface area contributed by atoms with Gasteiger partial charge in [0.25, 0.3) is 0 Å². The van der Waals surface area contributed by atoms with Crippen LogP contribution in [0.15, 0.2) is 36.7 Å². The number of aromatic nitrogens is 5. The molecule has 0 amide bonds. The lowest BCUT2D eigenvalue weighted by Crippen LogP contribution is -2.42. The zero-order chi connectivity index (χ0) is 24.5. The van der Waals surface area contributed by atoms with E-state index in [0.29, 0.717) is 57.1 Å². The zero-order valence-corrected chi connectivity index (χ0v) is 18.4. The number of piperidine rings is 1. The standard InChI is InChI=1S/C21H24F3N7O3/c1-15-25-12-19(31(33)34)30(15)10-9-29-14-18(26-27-29)13-28-7-5-20(32,6-8-28)16-3-2-4-17(11-16)21(22,23)24/h2-4,11-12,14,32H,5-10,13H2,1H3. The smallest absolute Gasteiger partial charge is 0.385 e. The first-order valence-electron chi connectivity index (χ1n) is 10.7. The van der Waals surface area contributed by atoms with E-state index in [1.165, 1.54) is 22.9 Å². The lowest BCUT2D eigenvalue weighted by atomic mass is 9.83. The molecule has 34 heavy (non-hydrogen) atoms. The molecule has 0 atom stereocenters. The molecule has 0 saturated carbocycles. The number of likely N-dealkylation sites (tertiary alicyclic amines) is 1. The third-order valence-electron chi connectivity index (χ3n) is 6.16. The molecular formula is C21H24F3N7O3. The van der Waals surface area contributed by atoms with E-state index in [4.69, 9.17) is 0 Å². The van der Waals surface area contributed by atoms with Crippen LogP contribution in [0, 0.1) is 17.0 Å². The van der Waals surface area contributed by atoms with E-state index in [1.54, 1.807) is 17.8 Å². The molecule has 0 unspecified atom stereocenters. The number of nitro groups is 1. The van der Waals surface area contributed by atoms with Gasteiger partial charge in [-0.2, -0.15) is 13.2 Å². The van der Waals surface area contributed by atoms with E-state index in [0.717, 1.165) is 12.1 Å². The first-order valence-corrected chi connectivity index (χ1v) is 10.7. The number of rotatable bonds is 7. The van der Waals surface area contributed by atoms with E-state index >= 15 is 0 Å². The molecule has 1 aliphatic rings. The summed E-state index contributed by atoms with van der Waals surface area (Å²) in [5.74, 6) is 0.452. The van der Waals surface area contributed by atoms with Crippen LogP contribution in [0.3, 0.4) is 0 Å². The number of imidazole rings is 1. The van der Waals surface area contributed by atoms with Crippen LogP contribution in [-0.2, 0) is 31.4 Å². The van der Waals surface area contributed by atoms with Crippen LogP contribution in [-0.4, -0.2) is 52.6 Å². The van der Waals surface area contributed by atoms with Crippen molar-refractivity contribution in [3.63, 3.8) is 0 Å². The van der Waals surface area contributed by atoms with Gasteiger partial charge in [0.2, 0.25) is 0 Å². The van der Waals surface area contributed by atoms with Crippen molar-refractivity contribution in [2.45, 2.75) is 51.2 Å². The predicted molar refractivity (Wildman–Crippen MR) is 113 cm³/mol. The van der Waals surface area contributed by atoms with Gasteiger partial charge in [-0.15, -0.1) is 5.10 Å². The number of nitrogens with zero attached hydrogens (tertiary/aromatic N) is 7. The number of hydrogen-bond acceptors (Lipinski definition) is 7. The van der Waals surface area contributed by atoms with Crippen molar-refractivity contribution in [2.75, 3.05) is 13.1 Å². The summed E-state index contributed by atoms with van der Waals surface area (Å²) < 4.78 is 42.2. The molecule has 1 N–H and O–H groups in total. The average molecular weight is 479 g/mol. The van der Waals surface area contributed by atoms with Crippen LogP contribution in [0.1, 0.15) is 35.5 Å². The van der Waals surface area contributed by atoms with Crippen LogP contribution in [0.4, 0.5) is 19.0 Å². The molecule has 1 saturated heterocycles. The Labute approximate surface area is 192 Å². The second-order valence-corrected chi connectivity index (χ2v) is 8.43. The minimum atomic E-state index is -4.46. The molecule has 3 aromatic rings. The summed E-state index contributed by atoms with van der Waals surface area (Å²) in [4.78, 5) is 16.7. The molecule has 1 aliphatic heterocycles. The van der Waals surface area contributed by atoms with Crippen molar-refractivity contribution >= 4 is 5.82 Å². The molecule has 13 heteroatoms. The van der Waals surface area contributed by atoms with Crippen molar-refractivity contribution < 1.29 is 23.2 Å². The second-order valence-electron chi connectivity index (χ2n) is 8.43. The molecule has 1 fully saturated rings. The maximum atomic E-state index is 13.0. The van der Waals surface area contributed by atoms with Gasteiger partial charge in [0, 0.05) is 32.8 Å². The van der Waals surface area contributed by atoms with E-state index in [-0.39, 0.29) is 11.4 Å². The summed E-state index contributed by atoms with van der Waals surface area (Å²) in [6.07, 6.45) is -0.886. The van der Waals surface area contributed by atoms with Crippen molar-refractivity contribution in [1.82, 2.24) is 29.4 Å². The maximum Gasteiger partial charge on any atom is 0.416 e. The lowest BCUT2D eigenvalue weighted by molar-refractivity contribution is -0.392. The Balaban J connectivity index is 1.33. The van der Waals surface area contributed by atoms with Gasteiger partial charge in [0.15, 0.2) is 5.82 Å². The Morgan fingerprint density at radius 3 is 2.65 bits per heavy atom. The molecule has 3 heterocycles. The maximum absolute atomic E-state index is 13.0. The summed E-state index contributed by atoms with van der Waals surface area (Å²) in [6.45, 7) is 3.83. The van der Waals surface area contributed by atoms with Gasteiger partial charge in [-0.1, -0.05) is 17.3 Å². The normalized spacial score (nSPS) is 16.6. The highest BCUT2D eigenvalue weighted by atomic mass is 19.4. The van der Waals surface area contributed by atoms with Gasteiger partial charge < -0.3 is 15.2 Å². The molecular weight excluding hydrogens is 455 g/mol. The summed E-state index contributed by atoms with van der Waals surface area (Å²) in [7, 11) is 0. The van der Waals surface area contributed by atoms with Crippen molar-refractivity contribution in [1.29, 1.82) is 0 Å². The van der Waals surface area contributed by atoms with E-state index in [9.17, 15) is 28.4 Å². The monoisotopic (exact) mass is 479 g/mol. The third-order valence-corrected chi connectivity index (χ3v) is 6.16. The van der Waals surface area contributed by atoms with Gasteiger partial charge in [0.05, 0.1) is 23.4 Å². The topological polar surface area (TPSA) is 115 Å². The number of hydrogen-bond donors (Lipinski definition) is 1. The van der Waals surface area contributed by atoms with Crippen LogP contribution >= 0.6 is 0 Å². The first kappa shape index (κ1) is 23.8. The van der Waals surface area contributed by atoms with E-state index < -0.39 is 22.3 Å². The molecule has 0 spiro atoms. The van der Waals surface area contributed by atoms with Crippen molar-refractivity contribution in [3.8, 4) is 0 Å². The van der Waals surface area contributed by atoms with Gasteiger partial charge in [-0.25, -0.2) is 14.2 Å². The third kappa shape index (κ3) is 5.09. The molecule has 2 aromatic heterocycles. The van der Waals surface area contributed by atoms with E-state index in [1.807, 2.05) is 0 Å². The number of aliphatic hydroxyl groups is 1. The minimum Gasteiger partial charge on any atom is -0.385 e. The SMILES string of the molecule is Cc1ncc([N+](=O)[O-])n1CCn1cc(CN2CCC(O)(c3cccc(C(F)(F)F)c3)CC2)nn1. The number of benzene rings is 1.